The summed E-state index contributed by atoms with van der Waals surface area (Å²) in [5.74, 6) is 1.37. The zero-order valence-electron chi connectivity index (χ0n) is 12.9. The second kappa shape index (κ2) is 7.84. The fraction of sp³-hybridized carbons (Fsp3) is 0.400. The smallest absolute Gasteiger partial charge is 0.237 e. The Morgan fingerprint density at radius 1 is 1.41 bits per heavy atom. The predicted octanol–water partition coefficient (Wildman–Crippen LogP) is 2.89. The molecule has 7 heteroatoms. The number of carbonyl (C=O) groups is 1. The van der Waals surface area contributed by atoms with Gasteiger partial charge >= 0.3 is 0 Å². The number of rotatable bonds is 7. The number of nitrogens with zero attached hydrogens (tertiary/aromatic N) is 2. The summed E-state index contributed by atoms with van der Waals surface area (Å²) in [6, 6.07) is 7.39. The van der Waals surface area contributed by atoms with E-state index in [1.54, 1.807) is 0 Å². The van der Waals surface area contributed by atoms with Gasteiger partial charge in [0.15, 0.2) is 0 Å². The summed E-state index contributed by atoms with van der Waals surface area (Å²) in [7, 11) is 0. The van der Waals surface area contributed by atoms with E-state index in [-0.39, 0.29) is 11.2 Å². The lowest BCUT2D eigenvalue weighted by atomic mass is 10.3. The monoisotopic (exact) mass is 320 g/mol. The number of amides is 1. The first kappa shape index (κ1) is 16.4. The second-order valence-corrected chi connectivity index (χ2v) is 5.90. The van der Waals surface area contributed by atoms with Crippen molar-refractivity contribution >= 4 is 23.4 Å². The van der Waals surface area contributed by atoms with Gasteiger partial charge in [-0.15, -0.1) is 5.10 Å². The minimum Gasteiger partial charge on any atom is -0.492 e. The number of hydrogen-bond donors (Lipinski definition) is 2. The summed E-state index contributed by atoms with van der Waals surface area (Å²) in [5.41, 5.74) is 0.672. The van der Waals surface area contributed by atoms with Gasteiger partial charge in [-0.1, -0.05) is 30.8 Å². The number of para-hydroxylation sites is 2. The summed E-state index contributed by atoms with van der Waals surface area (Å²) >= 11 is 1.32. The number of aromatic amines is 1. The minimum absolute atomic E-state index is 0.111. The number of carbonyl (C=O) groups excluding carboxylic acids is 1. The Morgan fingerprint density at radius 2 is 2.18 bits per heavy atom. The van der Waals surface area contributed by atoms with E-state index in [0.29, 0.717) is 23.2 Å². The number of H-pyrrole nitrogens is 1. The molecule has 1 heterocycles. The van der Waals surface area contributed by atoms with Crippen LogP contribution in [0.1, 0.15) is 26.6 Å². The molecule has 0 aliphatic heterocycles. The van der Waals surface area contributed by atoms with Gasteiger partial charge in [0.2, 0.25) is 11.1 Å². The van der Waals surface area contributed by atoms with Crippen LogP contribution in [0.5, 0.6) is 5.75 Å². The number of nitrogens with one attached hydrogen (secondary N) is 2. The number of anilines is 1. The molecule has 0 saturated heterocycles. The molecule has 1 atom stereocenters. The number of ether oxygens (including phenoxy) is 1. The van der Waals surface area contributed by atoms with Gasteiger partial charge in [-0.25, -0.2) is 4.98 Å². The molecule has 0 spiro atoms. The minimum atomic E-state index is -0.310. The summed E-state index contributed by atoms with van der Waals surface area (Å²) in [6.45, 7) is 6.28. The van der Waals surface area contributed by atoms with E-state index >= 15 is 0 Å². The first-order valence-electron chi connectivity index (χ1n) is 7.24. The molecule has 1 aromatic carbocycles. The van der Waals surface area contributed by atoms with Crippen molar-refractivity contribution in [2.75, 3.05) is 11.9 Å². The molecule has 0 bridgehead atoms. The Bertz CT molecular complexity index is 630. The van der Waals surface area contributed by atoms with Gasteiger partial charge in [0.05, 0.1) is 17.5 Å². The van der Waals surface area contributed by atoms with E-state index in [0.717, 1.165) is 12.2 Å². The van der Waals surface area contributed by atoms with Crippen LogP contribution in [-0.2, 0) is 11.2 Å². The van der Waals surface area contributed by atoms with Crippen molar-refractivity contribution in [3.05, 3.63) is 30.1 Å². The average Bonchev–Trinajstić information content (AvgIpc) is 2.97. The van der Waals surface area contributed by atoms with E-state index < -0.39 is 0 Å². The fourth-order valence-corrected chi connectivity index (χ4v) is 2.53. The molecule has 1 unspecified atom stereocenters. The molecule has 2 rings (SSSR count). The van der Waals surface area contributed by atoms with Crippen LogP contribution in [0.15, 0.2) is 29.4 Å². The van der Waals surface area contributed by atoms with Crippen LogP contribution in [0.3, 0.4) is 0 Å². The molecule has 6 nitrogen and oxygen atoms in total. The van der Waals surface area contributed by atoms with E-state index in [2.05, 4.69) is 20.5 Å². The molecule has 0 radical (unpaired) electrons. The molecule has 0 aliphatic rings. The highest BCUT2D eigenvalue weighted by molar-refractivity contribution is 8.00. The lowest BCUT2D eigenvalue weighted by Crippen LogP contribution is -2.22. The topological polar surface area (TPSA) is 79.9 Å². The maximum absolute atomic E-state index is 12.3. The summed E-state index contributed by atoms with van der Waals surface area (Å²) in [6.07, 6.45) is 0.788. The number of aryl methyl sites for hydroxylation is 1. The molecule has 1 amide bonds. The normalized spacial score (nSPS) is 12.0. The van der Waals surface area contributed by atoms with E-state index in [1.807, 2.05) is 45.0 Å². The van der Waals surface area contributed by atoms with Crippen LogP contribution in [-0.4, -0.2) is 32.9 Å². The quantitative estimate of drug-likeness (QED) is 0.767. The van der Waals surface area contributed by atoms with Gasteiger partial charge in [-0.3, -0.25) is 9.89 Å². The maximum Gasteiger partial charge on any atom is 0.237 e. The van der Waals surface area contributed by atoms with Crippen molar-refractivity contribution in [3.8, 4) is 5.75 Å². The van der Waals surface area contributed by atoms with Crippen molar-refractivity contribution < 1.29 is 9.53 Å². The van der Waals surface area contributed by atoms with E-state index in [4.69, 9.17) is 4.74 Å². The zero-order chi connectivity index (χ0) is 15.9. The Hall–Kier alpha value is -2.02. The highest BCUT2D eigenvalue weighted by Crippen LogP contribution is 2.26. The van der Waals surface area contributed by atoms with Gasteiger partial charge in [0.25, 0.3) is 0 Å². The third-order valence-electron chi connectivity index (χ3n) is 2.94. The molecule has 2 aromatic rings. The molecule has 118 valence electrons. The third kappa shape index (κ3) is 4.24. The van der Waals surface area contributed by atoms with Gasteiger partial charge in [-0.2, -0.15) is 0 Å². The SMILES string of the molecule is CCOc1ccccc1NC(=O)C(C)Sc1n[nH]c(CC)n1. The van der Waals surface area contributed by atoms with Crippen LogP contribution >= 0.6 is 11.8 Å². The fourth-order valence-electron chi connectivity index (χ4n) is 1.79. The standard InChI is InChI=1S/C15H20N4O2S/c1-4-13-17-15(19-18-13)22-10(3)14(20)16-11-8-6-7-9-12(11)21-5-2/h6-10H,4-5H2,1-3H3,(H,16,20)(H,17,18,19). The first-order valence-corrected chi connectivity index (χ1v) is 8.12. The van der Waals surface area contributed by atoms with Crippen molar-refractivity contribution in [1.82, 2.24) is 15.2 Å². The highest BCUT2D eigenvalue weighted by Gasteiger charge is 2.18. The van der Waals surface area contributed by atoms with Gasteiger partial charge in [0, 0.05) is 6.42 Å². The van der Waals surface area contributed by atoms with Crippen LogP contribution in [0.2, 0.25) is 0 Å². The Balaban J connectivity index is 1.99. The lowest BCUT2D eigenvalue weighted by molar-refractivity contribution is -0.115. The van der Waals surface area contributed by atoms with Gasteiger partial charge in [0.1, 0.15) is 11.6 Å². The molecule has 0 saturated carbocycles. The Labute approximate surface area is 134 Å². The molecular weight excluding hydrogens is 300 g/mol. The van der Waals surface area contributed by atoms with Crippen LogP contribution < -0.4 is 10.1 Å². The van der Waals surface area contributed by atoms with Crippen LogP contribution in [0.25, 0.3) is 0 Å². The largest absolute Gasteiger partial charge is 0.492 e. The first-order chi connectivity index (χ1) is 10.6. The number of hydrogen-bond acceptors (Lipinski definition) is 5. The van der Waals surface area contributed by atoms with Crippen molar-refractivity contribution in [1.29, 1.82) is 0 Å². The number of thioether (sulfide) groups is 1. The Kier molecular flexibility index (Phi) is 5.83. The predicted molar refractivity (Wildman–Crippen MR) is 87.3 cm³/mol. The van der Waals surface area contributed by atoms with Crippen molar-refractivity contribution in [3.63, 3.8) is 0 Å². The van der Waals surface area contributed by atoms with E-state index in [1.165, 1.54) is 11.8 Å². The average molecular weight is 320 g/mol. The summed E-state index contributed by atoms with van der Waals surface area (Å²) in [5, 5.41) is 10.1. The molecule has 1 aromatic heterocycles. The molecular formula is C15H20N4O2S. The highest BCUT2D eigenvalue weighted by atomic mass is 32.2. The van der Waals surface area contributed by atoms with E-state index in [9.17, 15) is 4.79 Å². The van der Waals surface area contributed by atoms with Gasteiger partial charge < -0.3 is 10.1 Å². The molecule has 22 heavy (non-hydrogen) atoms. The second-order valence-electron chi connectivity index (χ2n) is 4.60. The van der Waals surface area contributed by atoms with Crippen LogP contribution in [0.4, 0.5) is 5.69 Å². The van der Waals surface area contributed by atoms with Crippen molar-refractivity contribution in [2.45, 2.75) is 37.6 Å². The van der Waals surface area contributed by atoms with Crippen molar-refractivity contribution in [2.24, 2.45) is 0 Å². The zero-order valence-corrected chi connectivity index (χ0v) is 13.7. The Morgan fingerprint density at radius 3 is 2.86 bits per heavy atom. The lowest BCUT2D eigenvalue weighted by Gasteiger charge is -2.13. The maximum atomic E-state index is 12.3. The summed E-state index contributed by atoms with van der Waals surface area (Å²) in [4.78, 5) is 16.6. The summed E-state index contributed by atoms with van der Waals surface area (Å²) < 4.78 is 5.50. The van der Waals surface area contributed by atoms with Crippen LogP contribution in [0, 0.1) is 0 Å². The van der Waals surface area contributed by atoms with Gasteiger partial charge in [-0.05, 0) is 26.0 Å². The number of aromatic nitrogens is 3. The molecule has 0 fully saturated rings. The number of benzene rings is 1. The molecule has 0 aliphatic carbocycles. The molecule has 2 N–H and O–H groups in total. The third-order valence-corrected chi connectivity index (χ3v) is 3.90.